The monoisotopic (exact) mass is 472 g/mol. The predicted molar refractivity (Wildman–Crippen MR) is 117 cm³/mol. The highest BCUT2D eigenvalue weighted by Crippen LogP contribution is 2.34. The lowest BCUT2D eigenvalue weighted by Crippen LogP contribution is -2.33. The molecule has 4 rings (SSSR count). The van der Waals surface area contributed by atoms with Gasteiger partial charge in [0.15, 0.2) is 5.16 Å². The van der Waals surface area contributed by atoms with E-state index in [1.165, 1.54) is 22.9 Å². The van der Waals surface area contributed by atoms with Crippen LogP contribution in [0.1, 0.15) is 29.2 Å². The van der Waals surface area contributed by atoms with Crippen LogP contribution in [0.15, 0.2) is 52.4 Å². The second-order valence-electron chi connectivity index (χ2n) is 6.98. The van der Waals surface area contributed by atoms with Crippen LogP contribution >= 0.6 is 27.7 Å². The number of fused-ring (bicyclic) bond motifs is 1. The third kappa shape index (κ3) is 4.48. The molecule has 2 aromatic carbocycles. The molecule has 1 aliphatic heterocycles. The van der Waals surface area contributed by atoms with Gasteiger partial charge in [0, 0.05) is 22.1 Å². The molecule has 6 nitrogen and oxygen atoms in total. The van der Waals surface area contributed by atoms with Crippen molar-refractivity contribution in [2.45, 2.75) is 31.5 Å². The van der Waals surface area contributed by atoms with E-state index >= 15 is 0 Å². The first-order valence-electron chi connectivity index (χ1n) is 9.33. The number of thioether (sulfide) groups is 1. The quantitative estimate of drug-likeness (QED) is 0.558. The zero-order valence-electron chi connectivity index (χ0n) is 16.2. The molecular formula is C21H21BrN4O2S. The smallest absolute Gasteiger partial charge is 0.230 e. The van der Waals surface area contributed by atoms with E-state index in [0.29, 0.717) is 11.8 Å². The van der Waals surface area contributed by atoms with Crippen LogP contribution in [0.25, 0.3) is 5.69 Å². The van der Waals surface area contributed by atoms with E-state index in [1.807, 2.05) is 28.8 Å². The largest absolute Gasteiger partial charge is 0.493 e. The molecule has 8 heteroatoms. The molecule has 0 radical (unpaired) electrons. The lowest BCUT2D eigenvalue weighted by molar-refractivity contribution is -0.119. The molecule has 0 aliphatic carbocycles. The number of rotatable bonds is 5. The first-order valence-corrected chi connectivity index (χ1v) is 11.1. The molecule has 1 N–H and O–H groups in total. The molecule has 0 saturated carbocycles. The van der Waals surface area contributed by atoms with E-state index in [0.717, 1.165) is 27.9 Å². The highest BCUT2D eigenvalue weighted by atomic mass is 79.9. The highest BCUT2D eigenvalue weighted by molar-refractivity contribution is 9.10. The fourth-order valence-corrected chi connectivity index (χ4v) is 4.38. The molecule has 29 heavy (non-hydrogen) atoms. The van der Waals surface area contributed by atoms with Crippen LogP contribution in [0, 0.1) is 13.8 Å². The van der Waals surface area contributed by atoms with E-state index in [9.17, 15) is 4.79 Å². The minimum Gasteiger partial charge on any atom is -0.493 e. The predicted octanol–water partition coefficient (Wildman–Crippen LogP) is 4.38. The summed E-state index contributed by atoms with van der Waals surface area (Å²) in [4.78, 5) is 12.6. The molecule has 1 amide bonds. The Hall–Kier alpha value is -2.32. The first-order chi connectivity index (χ1) is 14.0. The number of nitrogens with one attached hydrogen (secondary N) is 1. The minimum atomic E-state index is -0.0537. The van der Waals surface area contributed by atoms with Gasteiger partial charge in [-0.2, -0.15) is 0 Å². The number of benzene rings is 2. The minimum absolute atomic E-state index is 0.0394. The molecule has 0 saturated heterocycles. The number of carbonyl (C=O) groups excluding carboxylic acids is 1. The van der Waals surface area contributed by atoms with Gasteiger partial charge < -0.3 is 10.1 Å². The highest BCUT2D eigenvalue weighted by Gasteiger charge is 2.23. The number of nitrogens with zero attached hydrogens (tertiary/aromatic N) is 3. The number of hydrogen-bond acceptors (Lipinski definition) is 5. The van der Waals surface area contributed by atoms with Crippen molar-refractivity contribution in [2.75, 3.05) is 12.4 Å². The van der Waals surface area contributed by atoms with Crippen LogP contribution in [0.3, 0.4) is 0 Å². The van der Waals surface area contributed by atoms with Gasteiger partial charge in [-0.25, -0.2) is 0 Å². The van der Waals surface area contributed by atoms with Crippen molar-refractivity contribution in [1.29, 1.82) is 0 Å². The summed E-state index contributed by atoms with van der Waals surface area (Å²) in [5, 5.41) is 12.0. The number of aromatic nitrogens is 3. The van der Waals surface area contributed by atoms with Crippen molar-refractivity contribution in [1.82, 2.24) is 20.1 Å². The second kappa shape index (κ2) is 8.59. The van der Waals surface area contributed by atoms with Crippen molar-refractivity contribution in [3.05, 3.63) is 63.9 Å². The van der Waals surface area contributed by atoms with E-state index < -0.39 is 0 Å². The van der Waals surface area contributed by atoms with Crippen molar-refractivity contribution in [3.8, 4) is 11.4 Å². The number of ether oxygens (including phenoxy) is 1. The van der Waals surface area contributed by atoms with Gasteiger partial charge >= 0.3 is 0 Å². The maximum atomic E-state index is 12.6. The lowest BCUT2D eigenvalue weighted by atomic mass is 10.0. The normalized spacial score (nSPS) is 15.5. The van der Waals surface area contributed by atoms with Crippen molar-refractivity contribution >= 4 is 33.6 Å². The van der Waals surface area contributed by atoms with Gasteiger partial charge in [0.2, 0.25) is 5.91 Å². The molecule has 2 heterocycles. The zero-order valence-corrected chi connectivity index (χ0v) is 18.6. The Morgan fingerprint density at radius 1 is 1.28 bits per heavy atom. The molecule has 0 bridgehead atoms. The van der Waals surface area contributed by atoms with Gasteiger partial charge in [-0.05, 0) is 55.3 Å². The average Bonchev–Trinajstić information content (AvgIpc) is 3.17. The fraction of sp³-hybridized carbons (Fsp3) is 0.286. The summed E-state index contributed by atoms with van der Waals surface area (Å²) in [6.07, 6.45) is 2.43. The molecular weight excluding hydrogens is 452 g/mol. The Morgan fingerprint density at radius 2 is 2.14 bits per heavy atom. The van der Waals surface area contributed by atoms with E-state index in [2.05, 4.69) is 57.4 Å². The summed E-state index contributed by atoms with van der Waals surface area (Å²) in [5.41, 5.74) is 4.43. The number of aryl methyl sites for hydroxylation is 2. The lowest BCUT2D eigenvalue weighted by Gasteiger charge is -2.26. The van der Waals surface area contributed by atoms with Gasteiger partial charge in [0.1, 0.15) is 12.1 Å². The number of carbonyl (C=O) groups is 1. The fourth-order valence-electron chi connectivity index (χ4n) is 3.26. The Balaban J connectivity index is 1.42. The van der Waals surface area contributed by atoms with Gasteiger partial charge in [-0.3, -0.25) is 9.36 Å². The third-order valence-electron chi connectivity index (χ3n) is 4.96. The standard InChI is InChI=1S/C21H21BrN4O2S/c1-13-3-5-16(9-14(13)2)26-12-23-25-21(26)29-11-20(27)24-18-7-8-28-19-6-4-15(22)10-17(18)19/h3-6,9-10,12,18H,7-8,11H2,1-2H3,(H,24,27). The van der Waals surface area contributed by atoms with Crippen LogP contribution in [-0.2, 0) is 4.79 Å². The van der Waals surface area contributed by atoms with Gasteiger partial charge in [0.05, 0.1) is 18.4 Å². The number of hydrogen-bond donors (Lipinski definition) is 1. The van der Waals surface area contributed by atoms with E-state index in [4.69, 9.17) is 4.74 Å². The topological polar surface area (TPSA) is 69.0 Å². The summed E-state index contributed by atoms with van der Waals surface area (Å²) in [5.74, 6) is 1.05. The Morgan fingerprint density at radius 3 is 2.97 bits per heavy atom. The van der Waals surface area contributed by atoms with Gasteiger partial charge in [0.25, 0.3) is 0 Å². The Kier molecular flexibility index (Phi) is 5.91. The molecule has 1 aliphatic rings. The average molecular weight is 473 g/mol. The Labute approximate surface area is 182 Å². The van der Waals surface area contributed by atoms with Crippen LogP contribution in [0.2, 0.25) is 0 Å². The maximum Gasteiger partial charge on any atom is 0.230 e. The second-order valence-corrected chi connectivity index (χ2v) is 8.84. The zero-order chi connectivity index (χ0) is 20.4. The summed E-state index contributed by atoms with van der Waals surface area (Å²) in [6.45, 7) is 4.75. The molecule has 1 unspecified atom stereocenters. The molecule has 1 aromatic heterocycles. The number of amides is 1. The summed E-state index contributed by atoms with van der Waals surface area (Å²) in [7, 11) is 0. The van der Waals surface area contributed by atoms with Crippen LogP contribution in [-0.4, -0.2) is 33.0 Å². The van der Waals surface area contributed by atoms with Gasteiger partial charge in [-0.1, -0.05) is 33.8 Å². The van der Waals surface area contributed by atoms with Crippen LogP contribution < -0.4 is 10.1 Å². The molecule has 0 spiro atoms. The van der Waals surface area contributed by atoms with Crippen molar-refractivity contribution < 1.29 is 9.53 Å². The summed E-state index contributed by atoms with van der Waals surface area (Å²) in [6, 6.07) is 12.0. The summed E-state index contributed by atoms with van der Waals surface area (Å²) >= 11 is 4.87. The summed E-state index contributed by atoms with van der Waals surface area (Å²) < 4.78 is 8.57. The molecule has 150 valence electrons. The number of halogens is 1. The Bertz CT molecular complexity index is 1050. The van der Waals surface area contributed by atoms with Crippen LogP contribution in [0.4, 0.5) is 0 Å². The molecule has 3 aromatic rings. The van der Waals surface area contributed by atoms with Gasteiger partial charge in [-0.15, -0.1) is 10.2 Å². The third-order valence-corrected chi connectivity index (χ3v) is 6.40. The first kappa shape index (κ1) is 20.0. The molecule has 0 fully saturated rings. The van der Waals surface area contributed by atoms with Crippen molar-refractivity contribution in [2.24, 2.45) is 0 Å². The SMILES string of the molecule is Cc1ccc(-n2cnnc2SCC(=O)NC2CCOc3ccc(Br)cc32)cc1C. The van der Waals surface area contributed by atoms with E-state index in [-0.39, 0.29) is 17.7 Å². The maximum absolute atomic E-state index is 12.6. The van der Waals surface area contributed by atoms with Crippen LogP contribution in [0.5, 0.6) is 5.75 Å². The molecule has 1 atom stereocenters. The van der Waals surface area contributed by atoms with Crippen molar-refractivity contribution in [3.63, 3.8) is 0 Å². The van der Waals surface area contributed by atoms with E-state index in [1.54, 1.807) is 6.33 Å².